The molecule has 0 atom stereocenters. The minimum atomic E-state index is 0.638. The van der Waals surface area contributed by atoms with E-state index in [-0.39, 0.29) is 0 Å². The van der Waals surface area contributed by atoms with Crippen LogP contribution in [-0.4, -0.2) is 29.8 Å². The predicted octanol–water partition coefficient (Wildman–Crippen LogP) is 5.61. The molecule has 1 heterocycles. The summed E-state index contributed by atoms with van der Waals surface area (Å²) in [5.41, 5.74) is 4.17. The molecule has 0 spiro atoms. The third-order valence-corrected chi connectivity index (χ3v) is 4.85. The van der Waals surface area contributed by atoms with Gasteiger partial charge in [-0.2, -0.15) is 0 Å². The molecular weight excluding hydrogens is 360 g/mol. The molecule has 5 nitrogen and oxygen atoms in total. The molecule has 0 amide bonds. The molecule has 1 N–H and O–H groups in total. The van der Waals surface area contributed by atoms with Crippen molar-refractivity contribution in [2.24, 2.45) is 7.05 Å². The van der Waals surface area contributed by atoms with Crippen molar-refractivity contribution >= 4 is 40.0 Å². The van der Waals surface area contributed by atoms with Crippen LogP contribution in [0.1, 0.15) is 26.7 Å². The van der Waals surface area contributed by atoms with Crippen LogP contribution in [0.5, 0.6) is 5.75 Å². The lowest BCUT2D eigenvalue weighted by molar-refractivity contribution is 0.417. The summed E-state index contributed by atoms with van der Waals surface area (Å²) in [5, 5.41) is 4.03. The van der Waals surface area contributed by atoms with Crippen LogP contribution in [0, 0.1) is 0 Å². The van der Waals surface area contributed by atoms with Crippen LogP contribution in [0.2, 0.25) is 5.02 Å². The Morgan fingerprint density at radius 2 is 1.89 bits per heavy atom. The van der Waals surface area contributed by atoms with Gasteiger partial charge in [0.25, 0.3) is 0 Å². The molecule has 0 saturated heterocycles. The molecule has 0 aliphatic carbocycles. The Hall–Kier alpha value is -2.40. The normalized spacial score (nSPS) is 11.0. The summed E-state index contributed by atoms with van der Waals surface area (Å²) in [6.07, 6.45) is 2.22. The van der Waals surface area contributed by atoms with Crippen LogP contribution in [-0.2, 0) is 7.05 Å². The average Bonchev–Trinajstić information content (AvgIpc) is 2.99. The maximum atomic E-state index is 6.07. The molecule has 3 aromatic rings. The Balaban J connectivity index is 2.04. The number of para-hydroxylation sites is 1. The third kappa shape index (κ3) is 3.98. The van der Waals surface area contributed by atoms with Gasteiger partial charge in [0.1, 0.15) is 5.75 Å². The summed E-state index contributed by atoms with van der Waals surface area (Å²) >= 11 is 6.07. The largest absolute Gasteiger partial charge is 0.495 e. The number of rotatable bonds is 8. The van der Waals surface area contributed by atoms with E-state index >= 15 is 0 Å². The first kappa shape index (κ1) is 19.4. The van der Waals surface area contributed by atoms with Gasteiger partial charge < -0.3 is 19.5 Å². The third-order valence-electron chi connectivity index (χ3n) is 4.61. The average molecular weight is 387 g/mol. The molecule has 6 heteroatoms. The minimum absolute atomic E-state index is 0.638. The smallest absolute Gasteiger partial charge is 0.208 e. The number of halogens is 1. The highest BCUT2D eigenvalue weighted by molar-refractivity contribution is 6.30. The molecule has 0 fully saturated rings. The number of methoxy groups -OCH3 is 1. The highest BCUT2D eigenvalue weighted by Crippen LogP contribution is 2.33. The maximum Gasteiger partial charge on any atom is 0.208 e. The van der Waals surface area contributed by atoms with E-state index in [4.69, 9.17) is 21.3 Å². The van der Waals surface area contributed by atoms with Gasteiger partial charge in [-0.05, 0) is 37.1 Å². The number of fused-ring (bicyclic) bond motifs is 1. The maximum absolute atomic E-state index is 6.07. The van der Waals surface area contributed by atoms with Crippen LogP contribution in [0.4, 0.5) is 17.3 Å². The van der Waals surface area contributed by atoms with E-state index in [0.717, 1.165) is 48.6 Å². The Bertz CT molecular complexity index is 916. The first-order valence-corrected chi connectivity index (χ1v) is 9.77. The molecule has 0 radical (unpaired) electrons. The summed E-state index contributed by atoms with van der Waals surface area (Å²) in [7, 11) is 3.68. The van der Waals surface area contributed by atoms with Gasteiger partial charge in [-0.3, -0.25) is 0 Å². The van der Waals surface area contributed by atoms with Crippen LogP contribution in [0.25, 0.3) is 11.0 Å². The topological polar surface area (TPSA) is 42.3 Å². The zero-order chi connectivity index (χ0) is 19.4. The fraction of sp³-hybridized carbons (Fsp3) is 0.381. The predicted molar refractivity (Wildman–Crippen MR) is 115 cm³/mol. The molecule has 0 saturated carbocycles. The quantitative estimate of drug-likeness (QED) is 0.546. The Labute approximate surface area is 165 Å². The number of imidazole rings is 1. The number of ether oxygens (including phenoxy) is 1. The van der Waals surface area contributed by atoms with E-state index in [0.29, 0.717) is 10.8 Å². The van der Waals surface area contributed by atoms with Crippen molar-refractivity contribution < 1.29 is 4.74 Å². The van der Waals surface area contributed by atoms with E-state index in [1.807, 2.05) is 19.2 Å². The lowest BCUT2D eigenvalue weighted by atomic mass is 10.2. The number of aryl methyl sites for hydroxylation is 1. The number of benzene rings is 2. The van der Waals surface area contributed by atoms with Crippen molar-refractivity contribution in [3.8, 4) is 5.75 Å². The fourth-order valence-corrected chi connectivity index (χ4v) is 3.56. The SMILES string of the molecule is CCCN(CCC)c1cccc2nc(Nc3ccc(Cl)cc3OC)n(C)c12. The molecule has 3 rings (SSSR count). The monoisotopic (exact) mass is 386 g/mol. The van der Waals surface area contributed by atoms with Gasteiger partial charge in [0, 0.05) is 31.2 Å². The van der Waals surface area contributed by atoms with Crippen LogP contribution < -0.4 is 15.0 Å². The standard InChI is InChI=1S/C21H27ClN4O/c1-5-12-26(13-6-2)18-9-7-8-17-20(18)25(3)21(24-17)23-16-11-10-15(22)14-19(16)27-4/h7-11,14H,5-6,12-13H2,1-4H3,(H,23,24). The highest BCUT2D eigenvalue weighted by atomic mass is 35.5. The van der Waals surface area contributed by atoms with Crippen molar-refractivity contribution in [2.45, 2.75) is 26.7 Å². The van der Waals surface area contributed by atoms with Crippen LogP contribution in [0.3, 0.4) is 0 Å². The molecule has 144 valence electrons. The van der Waals surface area contributed by atoms with E-state index in [2.05, 4.69) is 46.8 Å². The number of nitrogens with zero attached hydrogens (tertiary/aromatic N) is 3. The van der Waals surface area contributed by atoms with Gasteiger partial charge in [-0.15, -0.1) is 0 Å². The fourth-order valence-electron chi connectivity index (χ4n) is 3.40. The van der Waals surface area contributed by atoms with Crippen molar-refractivity contribution in [1.29, 1.82) is 0 Å². The second kappa shape index (κ2) is 8.53. The number of hydrogen-bond acceptors (Lipinski definition) is 4. The Morgan fingerprint density at radius 3 is 2.56 bits per heavy atom. The molecule has 0 bridgehead atoms. The number of nitrogens with one attached hydrogen (secondary N) is 1. The zero-order valence-electron chi connectivity index (χ0n) is 16.4. The van der Waals surface area contributed by atoms with E-state index in [1.165, 1.54) is 5.69 Å². The lowest BCUT2D eigenvalue weighted by Gasteiger charge is -2.25. The second-order valence-corrected chi connectivity index (χ2v) is 7.03. The van der Waals surface area contributed by atoms with Gasteiger partial charge in [0.15, 0.2) is 0 Å². The van der Waals surface area contributed by atoms with Gasteiger partial charge in [0.2, 0.25) is 5.95 Å². The molecular formula is C21H27ClN4O. The summed E-state index contributed by atoms with van der Waals surface area (Å²) in [4.78, 5) is 7.25. The van der Waals surface area contributed by atoms with Gasteiger partial charge in [0.05, 0.1) is 29.5 Å². The first-order chi connectivity index (χ1) is 13.1. The highest BCUT2D eigenvalue weighted by Gasteiger charge is 2.16. The van der Waals surface area contributed by atoms with E-state index in [9.17, 15) is 0 Å². The number of anilines is 3. The number of aromatic nitrogens is 2. The first-order valence-electron chi connectivity index (χ1n) is 9.40. The van der Waals surface area contributed by atoms with Gasteiger partial charge in [-0.25, -0.2) is 4.98 Å². The minimum Gasteiger partial charge on any atom is -0.495 e. The van der Waals surface area contributed by atoms with Crippen LogP contribution >= 0.6 is 11.6 Å². The van der Waals surface area contributed by atoms with Gasteiger partial charge >= 0.3 is 0 Å². The molecule has 0 aliphatic rings. The lowest BCUT2D eigenvalue weighted by Crippen LogP contribution is -2.25. The van der Waals surface area contributed by atoms with Gasteiger partial charge in [-0.1, -0.05) is 31.5 Å². The number of hydrogen-bond donors (Lipinski definition) is 1. The summed E-state index contributed by atoms with van der Waals surface area (Å²) in [6, 6.07) is 11.9. The molecule has 0 aliphatic heterocycles. The Kier molecular flexibility index (Phi) is 6.11. The van der Waals surface area contributed by atoms with Crippen molar-refractivity contribution in [1.82, 2.24) is 9.55 Å². The molecule has 1 aromatic heterocycles. The Morgan fingerprint density at radius 1 is 1.15 bits per heavy atom. The van der Waals surface area contributed by atoms with Crippen molar-refractivity contribution in [3.63, 3.8) is 0 Å². The van der Waals surface area contributed by atoms with Crippen molar-refractivity contribution in [2.75, 3.05) is 30.4 Å². The molecule has 2 aromatic carbocycles. The van der Waals surface area contributed by atoms with Crippen molar-refractivity contribution in [3.05, 3.63) is 41.4 Å². The van der Waals surface area contributed by atoms with E-state index < -0.39 is 0 Å². The summed E-state index contributed by atoms with van der Waals surface area (Å²) in [6.45, 7) is 6.50. The summed E-state index contributed by atoms with van der Waals surface area (Å²) < 4.78 is 7.55. The molecule has 27 heavy (non-hydrogen) atoms. The zero-order valence-corrected chi connectivity index (χ0v) is 17.2. The summed E-state index contributed by atoms with van der Waals surface area (Å²) in [5.74, 6) is 1.46. The molecule has 0 unspecified atom stereocenters. The van der Waals surface area contributed by atoms with E-state index in [1.54, 1.807) is 13.2 Å². The van der Waals surface area contributed by atoms with Crippen LogP contribution in [0.15, 0.2) is 36.4 Å². The second-order valence-electron chi connectivity index (χ2n) is 6.60.